The van der Waals surface area contributed by atoms with Crippen molar-refractivity contribution in [2.45, 2.75) is 51.7 Å². The van der Waals surface area contributed by atoms with E-state index in [1.165, 1.54) is 0 Å². The molecule has 0 saturated heterocycles. The number of fused-ring (bicyclic) bond motifs is 1. The molecule has 0 bridgehead atoms. The molecule has 0 radical (unpaired) electrons. The van der Waals surface area contributed by atoms with Crippen LogP contribution < -0.4 is 5.32 Å². The summed E-state index contributed by atoms with van der Waals surface area (Å²) in [6, 6.07) is 7.63. The molecule has 1 amide bonds. The largest absolute Gasteiger partial charge is 0.449 e. The number of benzene rings is 1. The molecule has 1 aliphatic rings. The summed E-state index contributed by atoms with van der Waals surface area (Å²) in [5.41, 5.74) is 1.37. The Hall–Kier alpha value is -2.30. The first-order valence-electron chi connectivity index (χ1n) is 8.05. The quantitative estimate of drug-likeness (QED) is 0.879. The van der Waals surface area contributed by atoms with Gasteiger partial charge in [0, 0.05) is 17.0 Å². The molecule has 0 aliphatic heterocycles. The predicted molar refractivity (Wildman–Crippen MR) is 86.2 cm³/mol. The zero-order chi connectivity index (χ0) is 16.4. The number of amides is 1. The van der Waals surface area contributed by atoms with Gasteiger partial charge >= 0.3 is 5.97 Å². The number of hydrogen-bond donors (Lipinski definition) is 1. The van der Waals surface area contributed by atoms with E-state index in [0.717, 1.165) is 36.6 Å². The smallest absolute Gasteiger partial charge is 0.375 e. The van der Waals surface area contributed by atoms with Crippen molar-refractivity contribution in [2.75, 3.05) is 0 Å². The zero-order valence-electron chi connectivity index (χ0n) is 13.4. The molecule has 1 fully saturated rings. The molecule has 1 heterocycles. The first kappa shape index (κ1) is 15.6. The maximum atomic E-state index is 12.3. The van der Waals surface area contributed by atoms with Crippen LogP contribution in [0.15, 0.2) is 28.7 Å². The van der Waals surface area contributed by atoms with Gasteiger partial charge in [-0.1, -0.05) is 31.0 Å². The van der Waals surface area contributed by atoms with Crippen LogP contribution >= 0.6 is 0 Å². The number of ether oxygens (including phenoxy) is 1. The van der Waals surface area contributed by atoms with Crippen LogP contribution in [0.1, 0.15) is 48.7 Å². The van der Waals surface area contributed by atoms with Crippen LogP contribution in [0.4, 0.5) is 0 Å². The Morgan fingerprint density at radius 1 is 1.26 bits per heavy atom. The molecule has 1 saturated carbocycles. The Kier molecular flexibility index (Phi) is 4.37. The van der Waals surface area contributed by atoms with E-state index in [4.69, 9.17) is 9.15 Å². The number of carbonyl (C=O) groups is 2. The van der Waals surface area contributed by atoms with Gasteiger partial charge in [-0.25, -0.2) is 4.79 Å². The molecular formula is C18H21NO4. The normalized spacial score (nSPS) is 16.4. The van der Waals surface area contributed by atoms with Gasteiger partial charge in [0.05, 0.1) is 0 Å². The van der Waals surface area contributed by atoms with E-state index in [0.29, 0.717) is 5.58 Å². The Balaban J connectivity index is 1.67. The number of esters is 1. The summed E-state index contributed by atoms with van der Waals surface area (Å²) >= 11 is 0. The Morgan fingerprint density at radius 3 is 2.65 bits per heavy atom. The van der Waals surface area contributed by atoms with E-state index in [-0.39, 0.29) is 17.7 Å². The molecule has 5 nitrogen and oxygen atoms in total. The van der Waals surface area contributed by atoms with E-state index < -0.39 is 12.1 Å². The molecule has 23 heavy (non-hydrogen) atoms. The molecule has 0 spiro atoms. The highest BCUT2D eigenvalue weighted by Gasteiger charge is 2.26. The molecule has 1 atom stereocenters. The van der Waals surface area contributed by atoms with Gasteiger partial charge < -0.3 is 14.5 Å². The second-order valence-electron chi connectivity index (χ2n) is 6.09. The summed E-state index contributed by atoms with van der Waals surface area (Å²) in [6.45, 7) is 3.39. The van der Waals surface area contributed by atoms with Crippen molar-refractivity contribution in [3.8, 4) is 0 Å². The maximum absolute atomic E-state index is 12.3. The van der Waals surface area contributed by atoms with Gasteiger partial charge in [-0.05, 0) is 32.8 Å². The zero-order valence-corrected chi connectivity index (χ0v) is 13.4. The van der Waals surface area contributed by atoms with Gasteiger partial charge in [-0.3, -0.25) is 4.79 Å². The van der Waals surface area contributed by atoms with Crippen LogP contribution in [-0.2, 0) is 9.53 Å². The van der Waals surface area contributed by atoms with Crippen LogP contribution in [-0.4, -0.2) is 24.0 Å². The highest BCUT2D eigenvalue weighted by Crippen LogP contribution is 2.25. The fraction of sp³-hybridized carbons (Fsp3) is 0.444. The minimum atomic E-state index is -0.837. The Labute approximate surface area is 135 Å². The third kappa shape index (κ3) is 3.23. The lowest BCUT2D eigenvalue weighted by Crippen LogP contribution is -2.40. The minimum Gasteiger partial charge on any atom is -0.449 e. The summed E-state index contributed by atoms with van der Waals surface area (Å²) in [6.07, 6.45) is 3.43. The predicted octanol–water partition coefficient (Wildman–Crippen LogP) is 3.35. The molecule has 5 heteroatoms. The van der Waals surface area contributed by atoms with Crippen LogP contribution in [0.2, 0.25) is 0 Å². The van der Waals surface area contributed by atoms with E-state index in [9.17, 15) is 9.59 Å². The van der Waals surface area contributed by atoms with Gasteiger partial charge in [0.1, 0.15) is 5.58 Å². The van der Waals surface area contributed by atoms with Crippen LogP contribution in [0.5, 0.6) is 0 Å². The minimum absolute atomic E-state index is 0.159. The molecule has 1 N–H and O–H groups in total. The van der Waals surface area contributed by atoms with Crippen LogP contribution in [0.25, 0.3) is 11.0 Å². The Bertz CT molecular complexity index is 728. The number of furan rings is 1. The van der Waals surface area contributed by atoms with Crippen molar-refractivity contribution >= 4 is 22.8 Å². The molecule has 3 rings (SSSR count). The molecule has 1 aromatic carbocycles. The number of aryl methyl sites for hydroxylation is 1. The molecule has 1 aliphatic carbocycles. The molecule has 122 valence electrons. The fourth-order valence-electron chi connectivity index (χ4n) is 3.03. The summed E-state index contributed by atoms with van der Waals surface area (Å²) in [4.78, 5) is 24.4. The van der Waals surface area contributed by atoms with Gasteiger partial charge in [-0.15, -0.1) is 0 Å². The fourth-order valence-corrected chi connectivity index (χ4v) is 3.03. The average molecular weight is 315 g/mol. The maximum Gasteiger partial charge on any atom is 0.375 e. The molecule has 1 aromatic heterocycles. The molecule has 0 unspecified atom stereocenters. The van der Waals surface area contributed by atoms with Crippen LogP contribution in [0.3, 0.4) is 0 Å². The first-order chi connectivity index (χ1) is 11.1. The Morgan fingerprint density at radius 2 is 1.96 bits per heavy atom. The number of hydrogen-bond acceptors (Lipinski definition) is 4. The summed E-state index contributed by atoms with van der Waals surface area (Å²) < 4.78 is 10.8. The second kappa shape index (κ2) is 6.44. The number of carbonyl (C=O) groups excluding carboxylic acids is 2. The first-order valence-corrected chi connectivity index (χ1v) is 8.05. The van der Waals surface area contributed by atoms with Crippen molar-refractivity contribution < 1.29 is 18.7 Å². The van der Waals surface area contributed by atoms with Gasteiger partial charge in [0.15, 0.2) is 6.10 Å². The number of nitrogens with one attached hydrogen (secondary N) is 1. The average Bonchev–Trinajstić information content (AvgIpc) is 3.16. The summed E-state index contributed by atoms with van der Waals surface area (Å²) in [7, 11) is 0. The van der Waals surface area contributed by atoms with Gasteiger partial charge in [0.2, 0.25) is 5.76 Å². The highest BCUT2D eigenvalue weighted by atomic mass is 16.6. The number of para-hydroxylation sites is 1. The monoisotopic (exact) mass is 315 g/mol. The lowest BCUT2D eigenvalue weighted by Gasteiger charge is -2.16. The highest BCUT2D eigenvalue weighted by molar-refractivity contribution is 5.97. The van der Waals surface area contributed by atoms with Crippen molar-refractivity contribution in [1.29, 1.82) is 0 Å². The van der Waals surface area contributed by atoms with E-state index in [1.807, 2.05) is 25.1 Å². The summed E-state index contributed by atoms with van der Waals surface area (Å²) in [5.74, 6) is -0.696. The lowest BCUT2D eigenvalue weighted by atomic mass is 10.1. The summed E-state index contributed by atoms with van der Waals surface area (Å²) in [5, 5.41) is 3.81. The molecular weight excluding hydrogens is 294 g/mol. The van der Waals surface area contributed by atoms with Crippen molar-refractivity contribution in [3.05, 3.63) is 35.6 Å². The third-order valence-corrected chi connectivity index (χ3v) is 4.38. The second-order valence-corrected chi connectivity index (χ2v) is 6.09. The topological polar surface area (TPSA) is 68.5 Å². The number of rotatable bonds is 4. The van der Waals surface area contributed by atoms with Crippen molar-refractivity contribution in [1.82, 2.24) is 5.32 Å². The van der Waals surface area contributed by atoms with E-state index >= 15 is 0 Å². The third-order valence-electron chi connectivity index (χ3n) is 4.38. The van der Waals surface area contributed by atoms with Crippen molar-refractivity contribution in [3.63, 3.8) is 0 Å². The van der Waals surface area contributed by atoms with Gasteiger partial charge in [-0.2, -0.15) is 0 Å². The lowest BCUT2D eigenvalue weighted by molar-refractivity contribution is -0.129. The van der Waals surface area contributed by atoms with E-state index in [1.54, 1.807) is 13.0 Å². The standard InChI is InChI=1S/C18H21NO4/c1-11-14-9-5-6-10-15(14)23-16(11)18(21)22-12(2)17(20)19-13-7-3-4-8-13/h5-6,9-10,12-13H,3-4,7-8H2,1-2H3,(H,19,20)/t12-/m0/s1. The van der Waals surface area contributed by atoms with Gasteiger partial charge in [0.25, 0.3) is 5.91 Å². The molecule has 2 aromatic rings. The van der Waals surface area contributed by atoms with E-state index in [2.05, 4.69) is 5.32 Å². The van der Waals surface area contributed by atoms with Crippen LogP contribution in [0, 0.1) is 6.92 Å². The van der Waals surface area contributed by atoms with Crippen molar-refractivity contribution in [2.24, 2.45) is 0 Å². The SMILES string of the molecule is Cc1c(C(=O)O[C@@H](C)C(=O)NC2CCCC2)oc2ccccc12.